The summed E-state index contributed by atoms with van der Waals surface area (Å²) in [5, 5.41) is 32.0. The van der Waals surface area contributed by atoms with E-state index in [9.17, 15) is 28.4 Å². The average Bonchev–Trinajstić information content (AvgIpc) is 3.89. The number of carbonyl (C=O) groups excluding carboxylic acids is 1. The molecule has 4 heterocycles. The fraction of sp³-hybridized carbons (Fsp3) is 0.163. The largest absolute Gasteiger partial charge is 0.481 e. The fourth-order valence-corrected chi connectivity index (χ4v) is 9.54. The lowest BCUT2D eigenvalue weighted by Gasteiger charge is -2.12. The summed E-state index contributed by atoms with van der Waals surface area (Å²) in [6.45, 7) is 7.75. The number of hydrogen-bond donors (Lipinski definition) is 4. The van der Waals surface area contributed by atoms with Gasteiger partial charge in [0.05, 0.1) is 33.8 Å². The van der Waals surface area contributed by atoms with Crippen LogP contribution in [0.15, 0.2) is 94.9 Å². The Morgan fingerprint density at radius 1 is 0.983 bits per heavy atom. The molecule has 1 aliphatic heterocycles. The molecule has 3 aromatic heterocycles. The number of carbonyl (C=O) groups is 2. The molecule has 4 N–H and O–H groups in total. The maximum Gasteiger partial charge on any atom is 0.306 e. The van der Waals surface area contributed by atoms with Crippen LogP contribution < -0.4 is 10.0 Å². The van der Waals surface area contributed by atoms with E-state index in [1.807, 2.05) is 44.4 Å². The number of rotatable bonds is 10. The highest BCUT2D eigenvalue weighted by atomic mass is 32.2. The molecule has 0 bridgehead atoms. The van der Waals surface area contributed by atoms with Gasteiger partial charge in [0.1, 0.15) is 28.8 Å². The van der Waals surface area contributed by atoms with Gasteiger partial charge in [-0.25, -0.2) is 12.8 Å². The Bertz CT molecular complexity index is 3030. The van der Waals surface area contributed by atoms with Crippen molar-refractivity contribution in [2.45, 2.75) is 51.6 Å². The summed E-state index contributed by atoms with van der Waals surface area (Å²) in [6.07, 6.45) is 1.26. The number of aliphatic imine (C=N–C) groups is 1. The Kier molecular flexibility index (Phi) is 9.95. The van der Waals surface area contributed by atoms with Gasteiger partial charge < -0.3 is 15.4 Å². The smallest absolute Gasteiger partial charge is 0.306 e. The van der Waals surface area contributed by atoms with Gasteiger partial charge in [0.25, 0.3) is 15.9 Å². The summed E-state index contributed by atoms with van der Waals surface area (Å²) in [5.41, 5.74) is 6.85. The van der Waals surface area contributed by atoms with Crippen molar-refractivity contribution in [1.29, 1.82) is 5.26 Å². The molecule has 1 amide bonds. The number of aryl methyl sites for hydroxylation is 3. The normalized spacial score (nSPS) is 13.6. The molecule has 16 heteroatoms. The quantitative estimate of drug-likeness (QED) is 0.107. The van der Waals surface area contributed by atoms with E-state index in [0.717, 1.165) is 32.1 Å². The summed E-state index contributed by atoms with van der Waals surface area (Å²) in [5.74, 6) is -1.05. The van der Waals surface area contributed by atoms with Crippen LogP contribution in [0.3, 0.4) is 0 Å². The molecular formula is C43H35FN8O5S2. The van der Waals surface area contributed by atoms with Crippen LogP contribution >= 0.6 is 11.3 Å². The molecule has 7 aromatic rings. The number of benzene rings is 4. The van der Waals surface area contributed by atoms with E-state index in [4.69, 9.17) is 4.99 Å². The van der Waals surface area contributed by atoms with E-state index in [1.54, 1.807) is 47.7 Å². The Hall–Kier alpha value is -6.96. The summed E-state index contributed by atoms with van der Waals surface area (Å²) < 4.78 is 46.6. The van der Waals surface area contributed by atoms with Crippen LogP contribution in [0, 0.1) is 44.8 Å². The number of fused-ring (bicyclic) bond motifs is 4. The van der Waals surface area contributed by atoms with Gasteiger partial charge in [0.15, 0.2) is 5.82 Å². The lowest BCUT2D eigenvalue weighted by molar-refractivity contribution is -0.137. The molecule has 0 aliphatic carbocycles. The summed E-state index contributed by atoms with van der Waals surface area (Å²) in [7, 11) is -3.99. The van der Waals surface area contributed by atoms with Crippen LogP contribution in [0.25, 0.3) is 27.0 Å². The van der Waals surface area contributed by atoms with Crippen molar-refractivity contribution in [3.8, 4) is 22.2 Å². The highest BCUT2D eigenvalue weighted by Gasteiger charge is 2.32. The first kappa shape index (κ1) is 38.9. The Morgan fingerprint density at radius 2 is 1.71 bits per heavy atom. The Morgan fingerprint density at radius 3 is 2.41 bits per heavy atom. The van der Waals surface area contributed by atoms with Gasteiger partial charge >= 0.3 is 5.97 Å². The molecule has 0 fully saturated rings. The first-order chi connectivity index (χ1) is 28.2. The number of H-pyrrole nitrogens is 1. The van der Waals surface area contributed by atoms with Crippen molar-refractivity contribution in [2.24, 2.45) is 4.99 Å². The minimum absolute atomic E-state index is 0.00501. The third kappa shape index (κ3) is 7.15. The maximum atomic E-state index is 15.6. The summed E-state index contributed by atoms with van der Waals surface area (Å²) >= 11 is 1.56. The number of thiophene rings is 1. The van der Waals surface area contributed by atoms with Crippen LogP contribution in [0.2, 0.25) is 0 Å². The zero-order valence-corrected chi connectivity index (χ0v) is 33.7. The number of nitriles is 1. The first-order valence-electron chi connectivity index (χ1n) is 18.4. The van der Waals surface area contributed by atoms with E-state index < -0.39 is 33.8 Å². The van der Waals surface area contributed by atoms with Crippen molar-refractivity contribution in [1.82, 2.24) is 25.1 Å². The van der Waals surface area contributed by atoms with Gasteiger partial charge in [-0.3, -0.25) is 23.9 Å². The van der Waals surface area contributed by atoms with Crippen molar-refractivity contribution in [3.63, 3.8) is 0 Å². The summed E-state index contributed by atoms with van der Waals surface area (Å²) in [4.78, 5) is 34.0. The second-order valence-electron chi connectivity index (χ2n) is 14.2. The fourth-order valence-electron chi connectivity index (χ4n) is 7.26. The van der Waals surface area contributed by atoms with E-state index in [-0.39, 0.29) is 29.0 Å². The lowest BCUT2D eigenvalue weighted by Crippen LogP contribution is -2.23. The molecule has 0 spiro atoms. The molecule has 8 rings (SSSR count). The number of aliphatic carboxylic acids is 1. The molecule has 296 valence electrons. The Balaban J connectivity index is 0.961. The average molecular weight is 827 g/mol. The molecule has 0 saturated carbocycles. The van der Waals surface area contributed by atoms with E-state index in [1.165, 1.54) is 36.5 Å². The number of aromatic amines is 1. The second kappa shape index (κ2) is 15.1. The zero-order valence-electron chi connectivity index (χ0n) is 32.1. The van der Waals surface area contributed by atoms with Crippen LogP contribution in [0.4, 0.5) is 10.1 Å². The molecular weight excluding hydrogens is 792 g/mol. The van der Waals surface area contributed by atoms with E-state index in [0.29, 0.717) is 50.6 Å². The van der Waals surface area contributed by atoms with Gasteiger partial charge in [-0.15, -0.1) is 21.5 Å². The number of amides is 1. The van der Waals surface area contributed by atoms with E-state index in [2.05, 4.69) is 31.3 Å². The van der Waals surface area contributed by atoms with Crippen LogP contribution in [0.5, 0.6) is 0 Å². The topological polar surface area (TPSA) is 195 Å². The second-order valence-corrected chi connectivity index (χ2v) is 17.1. The lowest BCUT2D eigenvalue weighted by atomic mass is 9.96. The third-order valence-electron chi connectivity index (χ3n) is 10.4. The van der Waals surface area contributed by atoms with Gasteiger partial charge in [0.2, 0.25) is 0 Å². The van der Waals surface area contributed by atoms with Crippen molar-refractivity contribution in [3.05, 3.63) is 146 Å². The minimum atomic E-state index is -3.99. The van der Waals surface area contributed by atoms with Crippen molar-refractivity contribution in [2.75, 3.05) is 4.72 Å². The van der Waals surface area contributed by atoms with Crippen LogP contribution in [0.1, 0.15) is 72.7 Å². The standard InChI is InChI=1S/C43H35FN8O5S2/c1-22-5-16-34(40-37(22)30(19-45)21-46-40)51-59(56,57)31-13-6-26(7-14-31)20-47-42(55)29-12-15-32(33(44)17-29)27-8-10-28(11-9-27)39-38-23(2)24(3)58-43(38)52-25(4)49-50-41(52)35(48-39)18-36(53)54/h5-17,21,35,46,51H,18,20H2,1-4H3,(H,47,55)(H,53,54)/t35-/m0/s1. The molecule has 0 radical (unpaired) electrons. The molecule has 0 unspecified atom stereocenters. The molecule has 59 heavy (non-hydrogen) atoms. The number of halogens is 1. The molecule has 0 saturated heterocycles. The summed E-state index contributed by atoms with van der Waals surface area (Å²) in [6, 6.07) is 22.1. The predicted octanol–water partition coefficient (Wildman–Crippen LogP) is 7.82. The Labute approximate surface area is 342 Å². The number of hydrogen-bond acceptors (Lipinski definition) is 9. The van der Waals surface area contributed by atoms with Crippen molar-refractivity contribution < 1.29 is 27.5 Å². The number of carboxylic acids is 1. The zero-order chi connectivity index (χ0) is 41.7. The minimum Gasteiger partial charge on any atom is -0.481 e. The van der Waals surface area contributed by atoms with Crippen LogP contribution in [-0.4, -0.2) is 50.9 Å². The SMILES string of the molecule is Cc1sc2c(c1C)C(c1ccc(-c3ccc(C(=O)NCc4ccc(S(=O)(=O)Nc5ccc(C)c6c(C#N)c[nH]c56)cc4)cc3F)cc1)=N[C@@H](CC(=O)O)c1nnc(C)n1-2. The van der Waals surface area contributed by atoms with Crippen LogP contribution in [-0.2, 0) is 21.4 Å². The molecule has 4 aromatic carbocycles. The third-order valence-corrected chi connectivity index (χ3v) is 13.0. The number of nitrogens with zero attached hydrogens (tertiary/aromatic N) is 5. The number of nitrogens with one attached hydrogen (secondary N) is 3. The van der Waals surface area contributed by atoms with Crippen molar-refractivity contribution >= 4 is 55.5 Å². The highest BCUT2D eigenvalue weighted by molar-refractivity contribution is 7.92. The first-order valence-corrected chi connectivity index (χ1v) is 20.7. The number of carboxylic acid groups (broad SMARTS) is 1. The molecule has 1 aliphatic rings. The molecule has 13 nitrogen and oxygen atoms in total. The van der Waals surface area contributed by atoms with E-state index >= 15 is 4.39 Å². The number of anilines is 1. The highest BCUT2D eigenvalue weighted by Crippen LogP contribution is 2.40. The van der Waals surface area contributed by atoms with Gasteiger partial charge in [-0.1, -0.05) is 48.5 Å². The van der Waals surface area contributed by atoms with Gasteiger partial charge in [-0.05, 0) is 80.3 Å². The predicted molar refractivity (Wildman–Crippen MR) is 222 cm³/mol. The molecule has 1 atom stereocenters. The maximum absolute atomic E-state index is 15.6. The van der Waals surface area contributed by atoms with Gasteiger partial charge in [0, 0.05) is 45.3 Å². The monoisotopic (exact) mass is 826 g/mol. The van der Waals surface area contributed by atoms with Gasteiger partial charge in [-0.2, -0.15) is 5.26 Å². The number of aromatic nitrogens is 4. The number of sulfonamides is 1.